The minimum atomic E-state index is 0.167. The van der Waals surface area contributed by atoms with Crippen molar-refractivity contribution in [2.24, 2.45) is 21.9 Å². The molecule has 0 atom stereocenters. The van der Waals surface area contributed by atoms with Crippen molar-refractivity contribution in [3.05, 3.63) is 54.1 Å². The number of aryl methyl sites for hydroxylation is 1. The molecule has 4 N–H and O–H groups in total. The SMILES string of the molecule is C#C.C#C.CCCCC1(CCCC)CCc2cc(N(C)C)ccc2SC1.NC(N)=NCCCCCOc1ccccc1. The number of unbranched alkanes of at least 4 members (excludes halogenated alkanes) is 4. The Morgan fingerprint density at radius 1 is 0.905 bits per heavy atom. The standard InChI is InChI=1S/C20H33NS.C12H19N3O.2C2H2/c1-5-7-12-20(13-8-6-2)14-11-17-15-18(21(3)4)9-10-19(17)22-16-20;13-12(14)15-9-5-2-6-10-16-11-7-3-1-4-8-11;2*1-2/h9-10,15H,5-8,11-14,16H2,1-4H3;1,3-4,7-8H,2,5-6,9-10H2,(H4,13,14,15);2*1-2H. The highest BCUT2D eigenvalue weighted by molar-refractivity contribution is 7.99. The van der Waals surface area contributed by atoms with E-state index in [4.69, 9.17) is 16.2 Å². The van der Waals surface area contributed by atoms with Gasteiger partial charge in [-0.2, -0.15) is 0 Å². The number of fused-ring (bicyclic) bond motifs is 1. The lowest BCUT2D eigenvalue weighted by atomic mass is 9.75. The van der Waals surface area contributed by atoms with E-state index in [0.717, 1.165) is 31.6 Å². The first-order valence-corrected chi connectivity index (χ1v) is 16.2. The van der Waals surface area contributed by atoms with Gasteiger partial charge >= 0.3 is 0 Å². The minimum Gasteiger partial charge on any atom is -0.494 e. The lowest BCUT2D eigenvalue weighted by Gasteiger charge is -2.32. The molecule has 0 unspecified atom stereocenters. The van der Waals surface area contributed by atoms with Crippen LogP contribution in [0.25, 0.3) is 0 Å². The number of guanidine groups is 1. The molecular formula is C36H56N4OS. The van der Waals surface area contributed by atoms with Crippen molar-refractivity contribution in [3.8, 4) is 31.4 Å². The van der Waals surface area contributed by atoms with Crippen molar-refractivity contribution >= 4 is 23.4 Å². The van der Waals surface area contributed by atoms with Gasteiger partial charge in [0.25, 0.3) is 0 Å². The van der Waals surface area contributed by atoms with E-state index >= 15 is 0 Å². The minimum absolute atomic E-state index is 0.167. The first kappa shape index (κ1) is 38.8. The predicted octanol–water partition coefficient (Wildman–Crippen LogP) is 8.17. The average molecular weight is 593 g/mol. The van der Waals surface area contributed by atoms with E-state index in [0.29, 0.717) is 12.0 Å². The Morgan fingerprint density at radius 3 is 2.12 bits per heavy atom. The van der Waals surface area contributed by atoms with Crippen LogP contribution in [-0.4, -0.2) is 39.0 Å². The highest BCUT2D eigenvalue weighted by Crippen LogP contribution is 2.45. The Kier molecular flexibility index (Phi) is 22.5. The van der Waals surface area contributed by atoms with Crippen molar-refractivity contribution in [1.29, 1.82) is 0 Å². The second-order valence-corrected chi connectivity index (χ2v) is 11.7. The number of benzene rings is 2. The molecule has 0 radical (unpaired) electrons. The number of nitrogens with zero attached hydrogens (tertiary/aromatic N) is 2. The first-order valence-electron chi connectivity index (χ1n) is 15.2. The van der Waals surface area contributed by atoms with E-state index in [1.807, 2.05) is 30.3 Å². The molecule has 2 aromatic rings. The summed E-state index contributed by atoms with van der Waals surface area (Å²) < 4.78 is 5.55. The van der Waals surface area contributed by atoms with Crippen LogP contribution in [0.3, 0.4) is 0 Å². The van der Waals surface area contributed by atoms with Crippen molar-refractivity contribution in [3.63, 3.8) is 0 Å². The zero-order chi connectivity index (χ0) is 31.6. The molecule has 1 heterocycles. The molecule has 0 bridgehead atoms. The quantitative estimate of drug-likeness (QED) is 0.100. The third-order valence-electron chi connectivity index (χ3n) is 7.25. The van der Waals surface area contributed by atoms with Crippen molar-refractivity contribution in [2.45, 2.75) is 89.4 Å². The van der Waals surface area contributed by atoms with Crippen LogP contribution in [0.1, 0.15) is 83.6 Å². The molecule has 5 nitrogen and oxygen atoms in total. The second kappa shape index (κ2) is 24.4. The molecule has 1 aliphatic rings. The largest absolute Gasteiger partial charge is 0.494 e. The molecule has 232 valence electrons. The van der Waals surface area contributed by atoms with Crippen LogP contribution in [0.2, 0.25) is 0 Å². The highest BCUT2D eigenvalue weighted by Gasteiger charge is 2.31. The van der Waals surface area contributed by atoms with Crippen LogP contribution >= 0.6 is 11.8 Å². The Hall–Kier alpha value is -3.22. The summed E-state index contributed by atoms with van der Waals surface area (Å²) in [5.74, 6) is 2.41. The maximum Gasteiger partial charge on any atom is 0.185 e. The fourth-order valence-electron chi connectivity index (χ4n) is 4.81. The molecule has 1 aliphatic heterocycles. The number of nitrogens with two attached hydrogens (primary N) is 2. The zero-order valence-corrected chi connectivity index (χ0v) is 27.5. The van der Waals surface area contributed by atoms with Crippen molar-refractivity contribution in [2.75, 3.05) is 37.9 Å². The number of ether oxygens (including phenoxy) is 1. The van der Waals surface area contributed by atoms with E-state index in [1.54, 1.807) is 5.56 Å². The van der Waals surface area contributed by atoms with Gasteiger partial charge in [0.2, 0.25) is 0 Å². The molecule has 0 saturated carbocycles. The molecule has 0 fully saturated rings. The maximum atomic E-state index is 5.55. The summed E-state index contributed by atoms with van der Waals surface area (Å²) in [6.45, 7) is 6.10. The number of anilines is 1. The van der Waals surface area contributed by atoms with E-state index in [2.05, 4.69) is 93.5 Å². The molecule has 2 aromatic carbocycles. The molecule has 0 spiro atoms. The normalized spacial score (nSPS) is 12.7. The number of thioether (sulfide) groups is 1. The van der Waals surface area contributed by atoms with Gasteiger partial charge in [-0.05, 0) is 86.3 Å². The molecule has 0 saturated heterocycles. The smallest absolute Gasteiger partial charge is 0.185 e. The summed E-state index contributed by atoms with van der Waals surface area (Å²) in [6.07, 6.45) is 30.0. The number of para-hydroxylation sites is 1. The van der Waals surface area contributed by atoms with E-state index in [-0.39, 0.29) is 5.96 Å². The van der Waals surface area contributed by atoms with E-state index in [9.17, 15) is 0 Å². The summed E-state index contributed by atoms with van der Waals surface area (Å²) in [5, 5.41) is 0. The lowest BCUT2D eigenvalue weighted by molar-refractivity contribution is 0.244. The molecular weight excluding hydrogens is 536 g/mol. The van der Waals surface area contributed by atoms with Gasteiger partial charge in [-0.25, -0.2) is 0 Å². The molecule has 0 aromatic heterocycles. The summed E-state index contributed by atoms with van der Waals surface area (Å²) >= 11 is 2.12. The Bertz CT molecular complexity index is 999. The predicted molar refractivity (Wildman–Crippen MR) is 188 cm³/mol. The van der Waals surface area contributed by atoms with Crippen LogP contribution in [0.5, 0.6) is 5.75 Å². The van der Waals surface area contributed by atoms with Crippen LogP contribution in [0, 0.1) is 31.1 Å². The number of rotatable bonds is 14. The van der Waals surface area contributed by atoms with Crippen molar-refractivity contribution in [1.82, 2.24) is 0 Å². The van der Waals surface area contributed by atoms with Gasteiger partial charge in [-0.1, -0.05) is 57.7 Å². The van der Waals surface area contributed by atoms with Gasteiger partial charge in [-0.15, -0.1) is 37.5 Å². The topological polar surface area (TPSA) is 76.9 Å². The monoisotopic (exact) mass is 592 g/mol. The number of aliphatic imine (C=N–C) groups is 1. The first-order chi connectivity index (χ1) is 20.4. The Labute approximate surface area is 262 Å². The van der Waals surface area contributed by atoms with Gasteiger partial charge in [0.05, 0.1) is 6.61 Å². The molecule has 6 heteroatoms. The average Bonchev–Trinajstić information content (AvgIpc) is 3.21. The molecule has 42 heavy (non-hydrogen) atoms. The molecule has 3 rings (SSSR count). The Balaban J connectivity index is 0.000000744. The molecule has 0 aliphatic carbocycles. The van der Waals surface area contributed by atoms with Gasteiger partial charge in [0, 0.05) is 37.0 Å². The second-order valence-electron chi connectivity index (χ2n) is 10.7. The summed E-state index contributed by atoms with van der Waals surface area (Å²) in [4.78, 5) is 7.66. The van der Waals surface area contributed by atoms with Gasteiger partial charge < -0.3 is 21.1 Å². The number of terminal acetylenes is 2. The summed E-state index contributed by atoms with van der Waals surface area (Å²) in [7, 11) is 4.27. The summed E-state index contributed by atoms with van der Waals surface area (Å²) in [6, 6.07) is 16.9. The van der Waals surface area contributed by atoms with Crippen LogP contribution in [0.15, 0.2) is 58.4 Å². The lowest BCUT2D eigenvalue weighted by Crippen LogP contribution is -2.24. The maximum absolute atomic E-state index is 5.55. The van der Waals surface area contributed by atoms with Gasteiger partial charge in [0.15, 0.2) is 5.96 Å². The van der Waals surface area contributed by atoms with Crippen LogP contribution < -0.4 is 21.1 Å². The summed E-state index contributed by atoms with van der Waals surface area (Å²) in [5.41, 5.74) is 13.9. The van der Waals surface area contributed by atoms with Crippen LogP contribution in [-0.2, 0) is 6.42 Å². The number of hydrogen-bond acceptors (Lipinski definition) is 4. The third kappa shape index (κ3) is 16.3. The van der Waals surface area contributed by atoms with E-state index in [1.165, 1.54) is 67.7 Å². The highest BCUT2D eigenvalue weighted by atomic mass is 32.2. The molecule has 0 amide bonds. The van der Waals surface area contributed by atoms with Crippen LogP contribution in [0.4, 0.5) is 5.69 Å². The van der Waals surface area contributed by atoms with Crippen molar-refractivity contribution < 1.29 is 4.74 Å². The Morgan fingerprint density at radius 2 is 1.55 bits per heavy atom. The zero-order valence-electron chi connectivity index (χ0n) is 26.7. The number of hydrogen-bond donors (Lipinski definition) is 2. The van der Waals surface area contributed by atoms with Gasteiger partial charge in [0.1, 0.15) is 5.75 Å². The fourth-order valence-corrected chi connectivity index (χ4v) is 6.22. The van der Waals surface area contributed by atoms with Gasteiger partial charge in [-0.3, -0.25) is 4.99 Å². The fraction of sp³-hybridized carbons (Fsp3) is 0.528. The van der Waals surface area contributed by atoms with E-state index < -0.39 is 0 Å². The third-order valence-corrected chi connectivity index (χ3v) is 8.72.